The third-order valence-corrected chi connectivity index (χ3v) is 6.82. The number of hydrogen-bond donors (Lipinski definition) is 0. The average Bonchev–Trinajstić information content (AvgIpc) is 2.66. The lowest BCUT2D eigenvalue weighted by molar-refractivity contribution is 0.0542. The van der Waals surface area contributed by atoms with Crippen molar-refractivity contribution in [1.29, 1.82) is 0 Å². The summed E-state index contributed by atoms with van der Waals surface area (Å²) in [5, 5.41) is 0. The largest absolute Gasteiger partial charge is 0.379 e. The maximum absolute atomic E-state index is 12.9. The van der Waals surface area contributed by atoms with E-state index < -0.39 is 10.0 Å². The van der Waals surface area contributed by atoms with Crippen molar-refractivity contribution >= 4 is 10.0 Å². The topological polar surface area (TPSA) is 49.9 Å². The van der Waals surface area contributed by atoms with Gasteiger partial charge in [-0.1, -0.05) is 25.1 Å². The summed E-state index contributed by atoms with van der Waals surface area (Å²) in [5.41, 5.74) is -0.104. The fourth-order valence-electron chi connectivity index (χ4n) is 3.68. The average molecular weight is 324 g/mol. The lowest BCUT2D eigenvalue weighted by Gasteiger charge is -2.34. The molecule has 2 atom stereocenters. The standard InChI is InChI=1S/C16H24N2O3S/c1-14-10-17(2)11-16(14)12-18(8-9-21-13-16)22(19,20)15-6-4-3-5-7-15/h3-7,14H,8-13H2,1-2H3/t14-,16+/m1/s1. The Kier molecular flexibility index (Phi) is 4.29. The van der Waals surface area contributed by atoms with Gasteiger partial charge < -0.3 is 9.64 Å². The molecule has 0 radical (unpaired) electrons. The van der Waals surface area contributed by atoms with Crippen molar-refractivity contribution < 1.29 is 13.2 Å². The molecule has 1 aromatic carbocycles. The number of sulfonamides is 1. The molecule has 0 aromatic heterocycles. The molecule has 2 aliphatic heterocycles. The summed E-state index contributed by atoms with van der Waals surface area (Å²) in [6.45, 7) is 6.14. The Morgan fingerprint density at radius 2 is 1.95 bits per heavy atom. The van der Waals surface area contributed by atoms with Gasteiger partial charge in [-0.2, -0.15) is 4.31 Å². The van der Waals surface area contributed by atoms with Gasteiger partial charge in [0, 0.05) is 31.6 Å². The summed E-state index contributed by atoms with van der Waals surface area (Å²) < 4.78 is 33.2. The minimum Gasteiger partial charge on any atom is -0.379 e. The Balaban J connectivity index is 1.91. The molecule has 0 saturated carbocycles. The molecule has 2 fully saturated rings. The predicted molar refractivity (Wildman–Crippen MR) is 85.1 cm³/mol. The van der Waals surface area contributed by atoms with Crippen LogP contribution in [0.1, 0.15) is 6.92 Å². The molecule has 122 valence electrons. The van der Waals surface area contributed by atoms with Gasteiger partial charge in [0.1, 0.15) is 0 Å². The van der Waals surface area contributed by atoms with Gasteiger partial charge in [0.15, 0.2) is 0 Å². The number of hydrogen-bond acceptors (Lipinski definition) is 4. The van der Waals surface area contributed by atoms with Gasteiger partial charge in [0.05, 0.1) is 18.1 Å². The Bertz CT molecular complexity index is 620. The molecule has 2 aliphatic rings. The van der Waals surface area contributed by atoms with E-state index in [4.69, 9.17) is 4.74 Å². The second kappa shape index (κ2) is 5.92. The van der Waals surface area contributed by atoms with Gasteiger partial charge >= 0.3 is 0 Å². The number of ether oxygens (including phenoxy) is 1. The van der Waals surface area contributed by atoms with Crippen LogP contribution in [0.2, 0.25) is 0 Å². The first-order valence-corrected chi connectivity index (χ1v) is 9.20. The zero-order valence-corrected chi connectivity index (χ0v) is 14.1. The maximum Gasteiger partial charge on any atom is 0.243 e. The summed E-state index contributed by atoms with van der Waals surface area (Å²) in [4.78, 5) is 2.64. The maximum atomic E-state index is 12.9. The predicted octanol–water partition coefficient (Wildman–Crippen LogP) is 1.28. The molecule has 0 N–H and O–H groups in total. The van der Waals surface area contributed by atoms with Crippen molar-refractivity contribution in [3.8, 4) is 0 Å². The summed E-state index contributed by atoms with van der Waals surface area (Å²) in [6.07, 6.45) is 0. The second-order valence-corrected chi connectivity index (χ2v) is 8.60. The van der Waals surface area contributed by atoms with E-state index in [1.807, 2.05) is 6.07 Å². The van der Waals surface area contributed by atoms with Crippen molar-refractivity contribution in [2.24, 2.45) is 11.3 Å². The summed E-state index contributed by atoms with van der Waals surface area (Å²) in [7, 11) is -1.37. The van der Waals surface area contributed by atoms with Crippen molar-refractivity contribution in [2.75, 3.05) is 46.4 Å². The molecule has 0 unspecified atom stereocenters. The number of benzene rings is 1. The molecule has 5 nitrogen and oxygen atoms in total. The van der Waals surface area contributed by atoms with Crippen LogP contribution in [0, 0.1) is 11.3 Å². The highest BCUT2D eigenvalue weighted by Crippen LogP contribution is 2.38. The van der Waals surface area contributed by atoms with Crippen molar-refractivity contribution in [1.82, 2.24) is 9.21 Å². The molecule has 0 amide bonds. The van der Waals surface area contributed by atoms with Gasteiger partial charge in [0.2, 0.25) is 10.0 Å². The highest BCUT2D eigenvalue weighted by molar-refractivity contribution is 7.89. The second-order valence-electron chi connectivity index (χ2n) is 6.66. The normalized spacial score (nSPS) is 31.5. The van der Waals surface area contributed by atoms with Crippen LogP contribution in [0.5, 0.6) is 0 Å². The van der Waals surface area contributed by atoms with E-state index in [1.165, 1.54) is 0 Å². The Hall–Kier alpha value is -0.950. The van der Waals surface area contributed by atoms with E-state index in [2.05, 4.69) is 18.9 Å². The van der Waals surface area contributed by atoms with Crippen molar-refractivity contribution in [3.05, 3.63) is 30.3 Å². The SMILES string of the molecule is C[C@@H]1CN(C)C[C@]12COCCN(S(=O)(=O)c1ccccc1)C2. The quantitative estimate of drug-likeness (QED) is 0.822. The fourth-order valence-corrected chi connectivity index (χ4v) is 5.22. The smallest absolute Gasteiger partial charge is 0.243 e. The first-order chi connectivity index (χ1) is 10.4. The third-order valence-electron chi connectivity index (χ3n) is 4.96. The first kappa shape index (κ1) is 15.9. The molecule has 2 saturated heterocycles. The molecule has 0 aliphatic carbocycles. The lowest BCUT2D eigenvalue weighted by Crippen LogP contribution is -2.45. The van der Waals surface area contributed by atoms with Crippen LogP contribution in [0.3, 0.4) is 0 Å². The Morgan fingerprint density at radius 1 is 1.23 bits per heavy atom. The summed E-state index contributed by atoms with van der Waals surface area (Å²) in [6, 6.07) is 8.70. The van der Waals surface area contributed by atoms with Gasteiger partial charge in [-0.25, -0.2) is 8.42 Å². The van der Waals surface area contributed by atoms with Crippen LogP contribution in [0.15, 0.2) is 35.2 Å². The minimum atomic E-state index is -3.45. The van der Waals surface area contributed by atoms with Crippen LogP contribution < -0.4 is 0 Å². The van der Waals surface area contributed by atoms with Crippen LogP contribution >= 0.6 is 0 Å². The molecule has 6 heteroatoms. The van der Waals surface area contributed by atoms with E-state index in [-0.39, 0.29) is 5.41 Å². The highest BCUT2D eigenvalue weighted by atomic mass is 32.2. The molecule has 2 heterocycles. The monoisotopic (exact) mass is 324 g/mol. The number of likely N-dealkylation sites (tertiary alicyclic amines) is 1. The van der Waals surface area contributed by atoms with Crippen molar-refractivity contribution in [2.45, 2.75) is 11.8 Å². The van der Waals surface area contributed by atoms with Gasteiger partial charge in [-0.05, 0) is 25.1 Å². The number of rotatable bonds is 2. The molecule has 22 heavy (non-hydrogen) atoms. The minimum absolute atomic E-state index is 0.104. The van der Waals surface area contributed by atoms with E-state index >= 15 is 0 Å². The van der Waals surface area contributed by atoms with Crippen LogP contribution in [0.25, 0.3) is 0 Å². The molecular weight excluding hydrogens is 300 g/mol. The highest BCUT2D eigenvalue weighted by Gasteiger charge is 2.47. The van der Waals surface area contributed by atoms with Gasteiger partial charge in [0.25, 0.3) is 0 Å². The van der Waals surface area contributed by atoms with E-state index in [1.54, 1.807) is 28.6 Å². The van der Waals surface area contributed by atoms with Crippen LogP contribution in [0.4, 0.5) is 0 Å². The molecule has 1 spiro atoms. The first-order valence-electron chi connectivity index (χ1n) is 7.76. The van der Waals surface area contributed by atoms with Crippen molar-refractivity contribution in [3.63, 3.8) is 0 Å². The Morgan fingerprint density at radius 3 is 2.59 bits per heavy atom. The zero-order chi connectivity index (χ0) is 15.8. The third kappa shape index (κ3) is 2.80. The molecular formula is C16H24N2O3S. The molecule has 1 aromatic rings. The lowest BCUT2D eigenvalue weighted by atomic mass is 9.80. The molecule has 3 rings (SSSR count). The van der Waals surface area contributed by atoms with Crippen LogP contribution in [-0.4, -0.2) is 64.1 Å². The fraction of sp³-hybridized carbons (Fsp3) is 0.625. The van der Waals surface area contributed by atoms with E-state index in [9.17, 15) is 8.42 Å². The number of nitrogens with zero attached hydrogens (tertiary/aromatic N) is 2. The summed E-state index contributed by atoms with van der Waals surface area (Å²) >= 11 is 0. The van der Waals surface area contributed by atoms with E-state index in [0.717, 1.165) is 13.1 Å². The van der Waals surface area contributed by atoms with Gasteiger partial charge in [-0.15, -0.1) is 0 Å². The van der Waals surface area contributed by atoms with Gasteiger partial charge in [-0.3, -0.25) is 0 Å². The zero-order valence-electron chi connectivity index (χ0n) is 13.2. The van der Waals surface area contributed by atoms with E-state index in [0.29, 0.717) is 37.1 Å². The summed E-state index contributed by atoms with van der Waals surface area (Å²) in [5.74, 6) is 0.420. The Labute approximate surface area is 132 Å². The van der Waals surface area contributed by atoms with Crippen LogP contribution in [-0.2, 0) is 14.8 Å². The molecule has 0 bridgehead atoms.